The van der Waals surface area contributed by atoms with Crippen LogP contribution in [-0.2, 0) is 22.7 Å². The smallest absolute Gasteiger partial charge is 0.165 e. The van der Waals surface area contributed by atoms with E-state index in [9.17, 15) is 5.11 Å². The molecule has 0 aliphatic rings. The molecule has 0 aliphatic carbocycles. The molecule has 3 aromatic rings. The second-order valence-corrected chi connectivity index (χ2v) is 8.34. The topological polar surface area (TPSA) is 104 Å². The Labute approximate surface area is 219 Å². The number of aliphatic hydroxyl groups excluding tert-OH is 1. The minimum Gasteiger partial charge on any atom is -0.491 e. The molecule has 3 aromatic carbocycles. The zero-order valence-electron chi connectivity index (χ0n) is 21.2. The van der Waals surface area contributed by atoms with Crippen LogP contribution in [0, 0.1) is 0 Å². The first-order valence-electron chi connectivity index (χ1n) is 12.6. The van der Waals surface area contributed by atoms with Crippen molar-refractivity contribution in [1.29, 1.82) is 0 Å². The molecule has 1 atom stereocenters. The Bertz CT molecular complexity index is 990. The van der Waals surface area contributed by atoms with E-state index in [4.69, 9.17) is 29.4 Å². The Kier molecular flexibility index (Phi) is 13.3. The first-order valence-corrected chi connectivity index (χ1v) is 12.6. The number of hydrogen-bond acceptors (Lipinski definition) is 8. The van der Waals surface area contributed by atoms with Gasteiger partial charge in [-0.3, -0.25) is 0 Å². The summed E-state index contributed by atoms with van der Waals surface area (Å²) in [6.07, 6.45) is -0.671. The average molecular weight is 511 g/mol. The van der Waals surface area contributed by atoms with Crippen molar-refractivity contribution >= 4 is 0 Å². The molecule has 0 bridgehead atoms. The van der Waals surface area contributed by atoms with Gasteiger partial charge in [-0.25, -0.2) is 0 Å². The second kappa shape index (κ2) is 17.3. The molecule has 37 heavy (non-hydrogen) atoms. The minimum atomic E-state index is -0.671. The van der Waals surface area contributed by atoms with E-state index < -0.39 is 6.10 Å². The zero-order valence-corrected chi connectivity index (χ0v) is 21.2. The van der Waals surface area contributed by atoms with Gasteiger partial charge in [0, 0.05) is 25.7 Å². The lowest BCUT2D eigenvalue weighted by molar-refractivity contribution is 0.0498. The minimum absolute atomic E-state index is 0.142. The average Bonchev–Trinajstić information content (AvgIpc) is 2.94. The van der Waals surface area contributed by atoms with Gasteiger partial charge in [0.15, 0.2) is 11.5 Å². The Morgan fingerprint density at radius 2 is 1.32 bits per heavy atom. The number of nitrogens with one attached hydrogen (secondary N) is 1. The molecule has 0 saturated carbocycles. The highest BCUT2D eigenvalue weighted by Gasteiger charge is 2.11. The third-order valence-corrected chi connectivity index (χ3v) is 5.27. The predicted octanol–water partition coefficient (Wildman–Crippen LogP) is 3.17. The van der Waals surface area contributed by atoms with Crippen LogP contribution >= 0.6 is 0 Å². The maximum atomic E-state index is 10.3. The molecule has 0 aliphatic heterocycles. The lowest BCUT2D eigenvalue weighted by atomic mass is 10.2. The summed E-state index contributed by atoms with van der Waals surface area (Å²) in [4.78, 5) is 0. The molecule has 1 unspecified atom stereocenters. The molecule has 0 saturated heterocycles. The Morgan fingerprint density at radius 1 is 0.703 bits per heavy atom. The monoisotopic (exact) mass is 510 g/mol. The van der Waals surface area contributed by atoms with Gasteiger partial charge in [0.2, 0.25) is 0 Å². The molecule has 200 valence electrons. The molecule has 4 N–H and O–H groups in total. The predicted molar refractivity (Wildman–Crippen MR) is 143 cm³/mol. The van der Waals surface area contributed by atoms with Crippen LogP contribution in [0.4, 0.5) is 0 Å². The largest absolute Gasteiger partial charge is 0.491 e. The van der Waals surface area contributed by atoms with Crippen LogP contribution < -0.4 is 25.3 Å². The van der Waals surface area contributed by atoms with E-state index in [1.165, 1.54) is 0 Å². The van der Waals surface area contributed by atoms with Crippen LogP contribution in [-0.4, -0.2) is 63.9 Å². The molecule has 8 nitrogen and oxygen atoms in total. The maximum Gasteiger partial charge on any atom is 0.165 e. The van der Waals surface area contributed by atoms with Crippen molar-refractivity contribution in [1.82, 2.24) is 5.32 Å². The van der Waals surface area contributed by atoms with Crippen molar-refractivity contribution in [3.8, 4) is 17.2 Å². The number of hydrogen-bond donors (Lipinski definition) is 3. The van der Waals surface area contributed by atoms with Gasteiger partial charge < -0.3 is 39.8 Å². The third kappa shape index (κ3) is 11.6. The lowest BCUT2D eigenvalue weighted by Crippen LogP contribution is -2.33. The van der Waals surface area contributed by atoms with Gasteiger partial charge in [0.1, 0.15) is 31.7 Å². The van der Waals surface area contributed by atoms with Crippen molar-refractivity contribution in [3.63, 3.8) is 0 Å². The highest BCUT2D eigenvalue weighted by Crippen LogP contribution is 2.33. The van der Waals surface area contributed by atoms with Crippen LogP contribution in [0.15, 0.2) is 78.9 Å². The molecule has 8 heteroatoms. The van der Waals surface area contributed by atoms with Gasteiger partial charge in [-0.15, -0.1) is 0 Å². The number of nitrogens with two attached hydrogens (primary N) is 1. The summed E-state index contributed by atoms with van der Waals surface area (Å²) in [6, 6.07) is 25.4. The van der Waals surface area contributed by atoms with E-state index in [1.807, 2.05) is 72.8 Å². The summed E-state index contributed by atoms with van der Waals surface area (Å²) < 4.78 is 28.6. The number of aliphatic hydroxyl groups is 1. The number of benzene rings is 3. The lowest BCUT2D eigenvalue weighted by Gasteiger charge is -2.17. The molecule has 3 rings (SSSR count). The molecule has 0 spiro atoms. The quantitative estimate of drug-likeness (QED) is 0.211. The van der Waals surface area contributed by atoms with E-state index in [1.54, 1.807) is 6.07 Å². The molecule has 0 aromatic heterocycles. The Morgan fingerprint density at radius 3 is 1.97 bits per heavy atom. The summed E-state index contributed by atoms with van der Waals surface area (Å²) in [7, 11) is 0. The molecular formula is C29H38N2O6. The first kappa shape index (κ1) is 28.4. The fraction of sp³-hybridized carbons (Fsp3) is 0.379. The van der Waals surface area contributed by atoms with E-state index >= 15 is 0 Å². The molecule has 0 amide bonds. The highest BCUT2D eigenvalue weighted by molar-refractivity contribution is 5.46. The van der Waals surface area contributed by atoms with Gasteiger partial charge in [0.05, 0.1) is 26.4 Å². The normalized spacial score (nSPS) is 11.7. The van der Waals surface area contributed by atoms with Crippen LogP contribution in [0.2, 0.25) is 0 Å². The molecule has 0 fully saturated rings. The summed E-state index contributed by atoms with van der Waals surface area (Å²) >= 11 is 0. The number of rotatable bonds is 19. The van der Waals surface area contributed by atoms with Crippen molar-refractivity contribution < 1.29 is 28.8 Å². The van der Waals surface area contributed by atoms with Crippen molar-refractivity contribution in [2.75, 3.05) is 52.7 Å². The van der Waals surface area contributed by atoms with Crippen molar-refractivity contribution in [3.05, 3.63) is 90.0 Å². The van der Waals surface area contributed by atoms with Crippen LogP contribution in [0.5, 0.6) is 17.2 Å². The first-order chi connectivity index (χ1) is 18.2. The number of ether oxygens (including phenoxy) is 5. The van der Waals surface area contributed by atoms with Crippen LogP contribution in [0.25, 0.3) is 0 Å². The Hall–Kier alpha value is -3.14. The van der Waals surface area contributed by atoms with E-state index in [0.717, 1.165) is 11.1 Å². The summed E-state index contributed by atoms with van der Waals surface area (Å²) in [5.74, 6) is 1.80. The standard InChI is InChI=1S/C29H38N2O6/c30-13-15-33-17-18-34-16-14-31-20-26(32)23-35-27-11-12-28(36-21-24-7-3-1-4-8-24)29(19-27)37-22-25-9-5-2-6-10-25/h1-12,19,26,31-32H,13-18,20-23,30H2. The van der Waals surface area contributed by atoms with Gasteiger partial charge in [-0.05, 0) is 23.3 Å². The SMILES string of the molecule is NCCOCCOCCNCC(O)COc1ccc(OCc2ccccc2)c(OCc2ccccc2)c1. The summed E-state index contributed by atoms with van der Waals surface area (Å²) in [5.41, 5.74) is 7.48. The zero-order chi connectivity index (χ0) is 26.0. The molecule has 0 radical (unpaired) electrons. The van der Waals surface area contributed by atoms with Crippen molar-refractivity contribution in [2.45, 2.75) is 19.3 Å². The maximum absolute atomic E-state index is 10.3. The molecular weight excluding hydrogens is 472 g/mol. The third-order valence-electron chi connectivity index (χ3n) is 5.27. The second-order valence-electron chi connectivity index (χ2n) is 8.34. The molecule has 0 heterocycles. The van der Waals surface area contributed by atoms with E-state index in [-0.39, 0.29) is 6.61 Å². The van der Waals surface area contributed by atoms with Gasteiger partial charge >= 0.3 is 0 Å². The van der Waals surface area contributed by atoms with Crippen LogP contribution in [0.1, 0.15) is 11.1 Å². The van der Waals surface area contributed by atoms with E-state index in [0.29, 0.717) is 76.5 Å². The van der Waals surface area contributed by atoms with E-state index in [2.05, 4.69) is 5.32 Å². The van der Waals surface area contributed by atoms with Crippen LogP contribution in [0.3, 0.4) is 0 Å². The Balaban J connectivity index is 1.45. The van der Waals surface area contributed by atoms with Crippen molar-refractivity contribution in [2.24, 2.45) is 5.73 Å². The summed E-state index contributed by atoms with van der Waals surface area (Å²) in [6.45, 7) is 4.62. The fourth-order valence-corrected chi connectivity index (χ4v) is 3.35. The van der Waals surface area contributed by atoms with Gasteiger partial charge in [-0.2, -0.15) is 0 Å². The fourth-order valence-electron chi connectivity index (χ4n) is 3.35. The van der Waals surface area contributed by atoms with Gasteiger partial charge in [0.25, 0.3) is 0 Å². The highest BCUT2D eigenvalue weighted by atomic mass is 16.5. The summed E-state index contributed by atoms with van der Waals surface area (Å²) in [5, 5.41) is 13.4. The van der Waals surface area contributed by atoms with Gasteiger partial charge in [-0.1, -0.05) is 60.7 Å².